The number of nitrogens with zero attached hydrogens (tertiary/aromatic N) is 1. The van der Waals surface area contributed by atoms with Gasteiger partial charge >= 0.3 is 0 Å². The molecule has 0 spiro atoms. The molecule has 164 valence electrons. The third kappa shape index (κ3) is 4.35. The molecule has 0 aliphatic carbocycles. The zero-order valence-corrected chi connectivity index (χ0v) is 19.3. The van der Waals surface area contributed by atoms with Crippen molar-refractivity contribution >= 4 is 60.5 Å². The van der Waals surface area contributed by atoms with Gasteiger partial charge in [-0.2, -0.15) is 0 Å². The summed E-state index contributed by atoms with van der Waals surface area (Å²) in [5, 5.41) is 5.97. The van der Waals surface area contributed by atoms with Crippen LogP contribution in [0, 0.1) is 6.92 Å². The zero-order valence-electron chi connectivity index (χ0n) is 17.7. The smallest absolute Gasteiger partial charge is 0.261 e. The Kier molecular flexibility index (Phi) is 5.40. The minimum atomic E-state index is -3.66. The molecule has 5 aromatic rings. The molecule has 0 aliphatic heterocycles. The number of aryl methyl sites for hydroxylation is 1. The molecule has 0 aliphatic rings. The van der Waals surface area contributed by atoms with Gasteiger partial charge in [-0.25, -0.2) is 13.4 Å². The number of pyridine rings is 1. The van der Waals surface area contributed by atoms with E-state index in [1.165, 1.54) is 0 Å². The largest absolute Gasteiger partial charge is 0.354 e. The highest BCUT2D eigenvalue weighted by Crippen LogP contribution is 2.34. The van der Waals surface area contributed by atoms with Gasteiger partial charge < -0.3 is 5.32 Å². The van der Waals surface area contributed by atoms with Gasteiger partial charge in [0.15, 0.2) is 0 Å². The second-order valence-electron chi connectivity index (χ2n) is 7.79. The highest BCUT2D eigenvalue weighted by molar-refractivity contribution is 7.92. The summed E-state index contributed by atoms with van der Waals surface area (Å²) in [4.78, 5) is 4.96. The van der Waals surface area contributed by atoms with E-state index in [0.29, 0.717) is 10.7 Å². The van der Waals surface area contributed by atoms with Crippen LogP contribution in [0.1, 0.15) is 5.56 Å². The van der Waals surface area contributed by atoms with Crippen LogP contribution in [0.15, 0.2) is 95.9 Å². The lowest BCUT2D eigenvalue weighted by atomic mass is 10.1. The number of benzene rings is 4. The number of para-hydroxylation sites is 1. The van der Waals surface area contributed by atoms with Crippen molar-refractivity contribution in [2.24, 2.45) is 0 Å². The number of hydrogen-bond acceptors (Lipinski definition) is 4. The fourth-order valence-electron chi connectivity index (χ4n) is 3.70. The van der Waals surface area contributed by atoms with E-state index in [4.69, 9.17) is 16.6 Å². The molecular weight excluding hydrogens is 454 g/mol. The first-order valence-corrected chi connectivity index (χ1v) is 12.2. The molecule has 5 nitrogen and oxygen atoms in total. The SMILES string of the molecule is Cc1ccc(S(=O)(=O)Nc2ccc(Nc3c4ccccc4nc4ccc(Cl)cc34)cc2)cc1. The molecule has 4 aromatic carbocycles. The van der Waals surface area contributed by atoms with Crippen molar-refractivity contribution in [2.45, 2.75) is 11.8 Å². The third-order valence-electron chi connectivity index (χ3n) is 5.38. The second-order valence-corrected chi connectivity index (χ2v) is 9.91. The predicted molar refractivity (Wildman–Crippen MR) is 136 cm³/mol. The van der Waals surface area contributed by atoms with Crippen molar-refractivity contribution in [2.75, 3.05) is 10.0 Å². The van der Waals surface area contributed by atoms with E-state index in [0.717, 1.165) is 38.7 Å². The average molecular weight is 474 g/mol. The Bertz CT molecular complexity index is 1580. The van der Waals surface area contributed by atoms with Gasteiger partial charge in [-0.05, 0) is 67.6 Å². The maximum atomic E-state index is 12.7. The van der Waals surface area contributed by atoms with Crippen LogP contribution < -0.4 is 10.0 Å². The Morgan fingerprint density at radius 1 is 0.758 bits per heavy atom. The second kappa shape index (κ2) is 8.39. The van der Waals surface area contributed by atoms with E-state index in [-0.39, 0.29) is 4.90 Å². The summed E-state index contributed by atoms with van der Waals surface area (Å²) in [5.74, 6) is 0. The van der Waals surface area contributed by atoms with Gasteiger partial charge in [-0.1, -0.05) is 47.5 Å². The van der Waals surface area contributed by atoms with E-state index < -0.39 is 10.0 Å². The molecule has 1 heterocycles. The Balaban J connectivity index is 1.47. The molecule has 0 atom stereocenters. The number of halogens is 1. The lowest BCUT2D eigenvalue weighted by molar-refractivity contribution is 0.601. The molecule has 0 unspecified atom stereocenters. The van der Waals surface area contributed by atoms with Gasteiger partial charge in [0.2, 0.25) is 0 Å². The topological polar surface area (TPSA) is 71.1 Å². The predicted octanol–water partition coefficient (Wildman–Crippen LogP) is 6.89. The fraction of sp³-hybridized carbons (Fsp3) is 0.0385. The number of nitrogens with one attached hydrogen (secondary N) is 2. The normalized spacial score (nSPS) is 11.6. The fourth-order valence-corrected chi connectivity index (χ4v) is 4.93. The number of rotatable bonds is 5. The van der Waals surface area contributed by atoms with Crippen LogP contribution in [0.2, 0.25) is 5.02 Å². The van der Waals surface area contributed by atoms with Crippen LogP contribution in [-0.2, 0) is 10.0 Å². The third-order valence-corrected chi connectivity index (χ3v) is 7.01. The number of fused-ring (bicyclic) bond motifs is 2. The Morgan fingerprint density at radius 2 is 1.42 bits per heavy atom. The maximum Gasteiger partial charge on any atom is 0.261 e. The Morgan fingerprint density at radius 3 is 2.18 bits per heavy atom. The molecule has 1 aromatic heterocycles. The number of aromatic nitrogens is 1. The van der Waals surface area contributed by atoms with Gasteiger partial charge in [0.05, 0.1) is 21.6 Å². The van der Waals surface area contributed by atoms with Crippen LogP contribution in [0.5, 0.6) is 0 Å². The summed E-state index contributed by atoms with van der Waals surface area (Å²) in [6.45, 7) is 1.92. The van der Waals surface area contributed by atoms with Crippen molar-refractivity contribution < 1.29 is 8.42 Å². The minimum Gasteiger partial charge on any atom is -0.354 e. The maximum absolute atomic E-state index is 12.7. The first-order valence-electron chi connectivity index (χ1n) is 10.3. The molecule has 7 heteroatoms. The standard InChI is InChI=1S/C26H20ClN3O2S/c1-17-6-13-21(14-7-17)33(31,32)30-20-11-9-19(10-12-20)28-26-22-4-2-3-5-24(22)29-25-15-8-18(27)16-23(25)26/h2-16,30H,1H3,(H,28,29). The van der Waals surface area contributed by atoms with Crippen LogP contribution >= 0.6 is 11.6 Å². The van der Waals surface area contributed by atoms with E-state index in [9.17, 15) is 8.42 Å². The Hall–Kier alpha value is -3.61. The monoisotopic (exact) mass is 473 g/mol. The number of sulfonamides is 1. The number of anilines is 3. The Labute approximate surface area is 197 Å². The highest BCUT2D eigenvalue weighted by atomic mass is 35.5. The first-order chi connectivity index (χ1) is 15.9. The van der Waals surface area contributed by atoms with Crippen molar-refractivity contribution in [1.29, 1.82) is 0 Å². The minimum absolute atomic E-state index is 0.224. The van der Waals surface area contributed by atoms with Crippen LogP contribution in [0.3, 0.4) is 0 Å². The van der Waals surface area contributed by atoms with Gasteiger partial charge in [0.1, 0.15) is 0 Å². The van der Waals surface area contributed by atoms with E-state index in [1.807, 2.05) is 61.5 Å². The summed E-state index contributed by atoms with van der Waals surface area (Å²) in [6.07, 6.45) is 0. The van der Waals surface area contributed by atoms with E-state index in [1.54, 1.807) is 36.4 Å². The lowest BCUT2D eigenvalue weighted by Crippen LogP contribution is -2.12. The van der Waals surface area contributed by atoms with Crippen LogP contribution in [-0.4, -0.2) is 13.4 Å². The lowest BCUT2D eigenvalue weighted by Gasteiger charge is -2.14. The zero-order chi connectivity index (χ0) is 23.0. The van der Waals surface area contributed by atoms with Crippen LogP contribution in [0.4, 0.5) is 17.1 Å². The van der Waals surface area contributed by atoms with Gasteiger partial charge in [-0.15, -0.1) is 0 Å². The first kappa shape index (κ1) is 21.2. The summed E-state index contributed by atoms with van der Waals surface area (Å²) in [5.41, 5.74) is 4.90. The molecule has 0 saturated carbocycles. The molecule has 0 radical (unpaired) electrons. The molecule has 0 bridgehead atoms. The van der Waals surface area contributed by atoms with Crippen LogP contribution in [0.25, 0.3) is 21.8 Å². The van der Waals surface area contributed by atoms with E-state index >= 15 is 0 Å². The molecule has 0 fully saturated rings. The summed E-state index contributed by atoms with van der Waals surface area (Å²) in [6, 6.07) is 27.4. The average Bonchev–Trinajstić information content (AvgIpc) is 2.80. The molecule has 0 saturated heterocycles. The quantitative estimate of drug-likeness (QED) is 0.272. The molecule has 2 N–H and O–H groups in total. The van der Waals surface area contributed by atoms with E-state index in [2.05, 4.69) is 10.0 Å². The summed E-state index contributed by atoms with van der Waals surface area (Å²) in [7, 11) is -3.66. The van der Waals surface area contributed by atoms with Gasteiger partial charge in [0, 0.05) is 27.2 Å². The van der Waals surface area contributed by atoms with Gasteiger partial charge in [0.25, 0.3) is 10.0 Å². The summed E-state index contributed by atoms with van der Waals surface area (Å²) < 4.78 is 28.0. The molecular formula is C26H20ClN3O2S. The number of hydrogen-bond donors (Lipinski definition) is 2. The van der Waals surface area contributed by atoms with Crippen molar-refractivity contribution in [1.82, 2.24) is 4.98 Å². The van der Waals surface area contributed by atoms with Gasteiger partial charge in [-0.3, -0.25) is 4.72 Å². The molecule has 33 heavy (non-hydrogen) atoms. The van der Waals surface area contributed by atoms with Crippen molar-refractivity contribution in [3.8, 4) is 0 Å². The molecule has 5 rings (SSSR count). The van der Waals surface area contributed by atoms with Crippen molar-refractivity contribution in [3.05, 3.63) is 102 Å². The molecule has 0 amide bonds. The highest BCUT2D eigenvalue weighted by Gasteiger charge is 2.14. The summed E-state index contributed by atoms with van der Waals surface area (Å²) >= 11 is 6.27. The van der Waals surface area contributed by atoms with Crippen molar-refractivity contribution in [3.63, 3.8) is 0 Å².